The molecule has 0 bridgehead atoms. The van der Waals surface area contributed by atoms with Crippen molar-refractivity contribution in [1.29, 1.82) is 0 Å². The molecule has 2 heteroatoms. The summed E-state index contributed by atoms with van der Waals surface area (Å²) in [6, 6.07) is 6.58. The molecular weight excluding hydrogens is 234 g/mol. The fourth-order valence-electron chi connectivity index (χ4n) is 2.38. The number of aryl methyl sites for hydroxylation is 1. The summed E-state index contributed by atoms with van der Waals surface area (Å²) in [6.45, 7) is 10.8. The molecule has 0 saturated carbocycles. The third kappa shape index (κ3) is 4.54. The molecule has 2 unspecified atom stereocenters. The van der Waals surface area contributed by atoms with Gasteiger partial charge in [-0.2, -0.15) is 0 Å². The lowest BCUT2D eigenvalue weighted by Gasteiger charge is -2.26. The first-order valence-corrected chi connectivity index (χ1v) is 7.52. The van der Waals surface area contributed by atoms with E-state index in [4.69, 9.17) is 10.5 Å². The van der Waals surface area contributed by atoms with Gasteiger partial charge in [0.05, 0.1) is 0 Å². The van der Waals surface area contributed by atoms with Crippen LogP contribution in [-0.2, 0) is 0 Å². The van der Waals surface area contributed by atoms with E-state index >= 15 is 0 Å². The van der Waals surface area contributed by atoms with Crippen molar-refractivity contribution in [3.63, 3.8) is 0 Å². The predicted molar refractivity (Wildman–Crippen MR) is 82.9 cm³/mol. The highest BCUT2D eigenvalue weighted by atomic mass is 16.5. The average molecular weight is 263 g/mol. The number of hydrogen-bond donors (Lipinski definition) is 1. The molecule has 108 valence electrons. The standard InChI is InChI=1S/C17H29NO/c1-6-8-15(18)16(7-2)19-17-11-13(5)9-10-14(17)12(3)4/h9-12,15-16H,6-8,18H2,1-5H3. The quantitative estimate of drug-likeness (QED) is 0.791. The van der Waals surface area contributed by atoms with Crippen LogP contribution in [0.2, 0.25) is 0 Å². The van der Waals surface area contributed by atoms with Crippen LogP contribution in [0.4, 0.5) is 0 Å². The SMILES string of the molecule is CCCC(N)C(CC)Oc1cc(C)ccc1C(C)C. The fraction of sp³-hybridized carbons (Fsp3) is 0.647. The molecule has 0 spiro atoms. The maximum atomic E-state index is 6.23. The first kappa shape index (κ1) is 16.0. The molecule has 1 aromatic carbocycles. The van der Waals surface area contributed by atoms with E-state index in [1.165, 1.54) is 11.1 Å². The van der Waals surface area contributed by atoms with Crippen molar-refractivity contribution in [3.05, 3.63) is 29.3 Å². The first-order chi connectivity index (χ1) is 8.99. The van der Waals surface area contributed by atoms with Crippen LogP contribution in [0, 0.1) is 6.92 Å². The first-order valence-electron chi connectivity index (χ1n) is 7.52. The van der Waals surface area contributed by atoms with E-state index in [-0.39, 0.29) is 12.1 Å². The Hall–Kier alpha value is -1.02. The van der Waals surface area contributed by atoms with Crippen molar-refractivity contribution in [2.75, 3.05) is 0 Å². The van der Waals surface area contributed by atoms with Gasteiger partial charge in [0.15, 0.2) is 0 Å². The summed E-state index contributed by atoms with van der Waals surface area (Å²) in [6.07, 6.45) is 3.18. The summed E-state index contributed by atoms with van der Waals surface area (Å²) in [5, 5.41) is 0. The minimum absolute atomic E-state index is 0.110. The van der Waals surface area contributed by atoms with Crippen LogP contribution in [0.1, 0.15) is 64.0 Å². The number of nitrogens with two attached hydrogens (primary N) is 1. The molecule has 0 amide bonds. The number of benzene rings is 1. The van der Waals surface area contributed by atoms with Gasteiger partial charge in [0.1, 0.15) is 11.9 Å². The van der Waals surface area contributed by atoms with E-state index in [1.807, 2.05) is 0 Å². The highest BCUT2D eigenvalue weighted by Gasteiger charge is 2.19. The average Bonchev–Trinajstić information content (AvgIpc) is 2.35. The zero-order valence-corrected chi connectivity index (χ0v) is 13.1. The second-order valence-corrected chi connectivity index (χ2v) is 5.71. The zero-order valence-electron chi connectivity index (χ0n) is 13.1. The fourth-order valence-corrected chi connectivity index (χ4v) is 2.38. The van der Waals surface area contributed by atoms with E-state index in [1.54, 1.807) is 0 Å². The summed E-state index contributed by atoms with van der Waals surface area (Å²) in [4.78, 5) is 0. The Bertz CT molecular complexity index is 387. The second kappa shape index (κ2) is 7.54. The Labute approximate surface area is 118 Å². The van der Waals surface area contributed by atoms with E-state index in [0.29, 0.717) is 5.92 Å². The van der Waals surface area contributed by atoms with Crippen LogP contribution in [0.3, 0.4) is 0 Å². The van der Waals surface area contributed by atoms with Crippen LogP contribution in [0.15, 0.2) is 18.2 Å². The normalized spacial score (nSPS) is 14.5. The molecule has 0 fully saturated rings. The van der Waals surface area contributed by atoms with Crippen LogP contribution >= 0.6 is 0 Å². The topological polar surface area (TPSA) is 35.2 Å². The van der Waals surface area contributed by atoms with Gasteiger partial charge in [0, 0.05) is 6.04 Å². The van der Waals surface area contributed by atoms with Gasteiger partial charge in [-0.25, -0.2) is 0 Å². The van der Waals surface area contributed by atoms with Gasteiger partial charge < -0.3 is 10.5 Å². The lowest BCUT2D eigenvalue weighted by Crippen LogP contribution is -2.38. The van der Waals surface area contributed by atoms with E-state index in [2.05, 4.69) is 52.8 Å². The maximum absolute atomic E-state index is 6.23. The molecule has 0 aliphatic heterocycles. The Morgan fingerprint density at radius 3 is 2.42 bits per heavy atom. The number of rotatable bonds is 7. The van der Waals surface area contributed by atoms with Crippen LogP contribution in [0.25, 0.3) is 0 Å². The number of ether oxygens (including phenoxy) is 1. The Kier molecular flexibility index (Phi) is 6.36. The summed E-state index contributed by atoms with van der Waals surface area (Å²) in [7, 11) is 0. The minimum atomic E-state index is 0.110. The van der Waals surface area contributed by atoms with Gasteiger partial charge >= 0.3 is 0 Å². The highest BCUT2D eigenvalue weighted by molar-refractivity contribution is 5.39. The molecule has 1 aromatic rings. The molecule has 2 N–H and O–H groups in total. The second-order valence-electron chi connectivity index (χ2n) is 5.71. The Balaban J connectivity index is 2.92. The molecule has 0 heterocycles. The molecule has 0 aliphatic carbocycles. The largest absolute Gasteiger partial charge is 0.489 e. The Morgan fingerprint density at radius 1 is 1.21 bits per heavy atom. The van der Waals surface area contributed by atoms with Gasteiger partial charge in [0.2, 0.25) is 0 Å². The molecule has 2 atom stereocenters. The third-order valence-corrected chi connectivity index (χ3v) is 3.57. The van der Waals surface area contributed by atoms with Crippen LogP contribution in [0.5, 0.6) is 5.75 Å². The third-order valence-electron chi connectivity index (χ3n) is 3.57. The minimum Gasteiger partial charge on any atom is -0.489 e. The van der Waals surface area contributed by atoms with E-state index in [0.717, 1.165) is 25.0 Å². The van der Waals surface area contributed by atoms with Gasteiger partial charge in [-0.05, 0) is 42.9 Å². The maximum Gasteiger partial charge on any atom is 0.123 e. The van der Waals surface area contributed by atoms with Crippen molar-refractivity contribution >= 4 is 0 Å². The summed E-state index contributed by atoms with van der Waals surface area (Å²) in [5.41, 5.74) is 8.73. The molecule has 0 aliphatic rings. The van der Waals surface area contributed by atoms with E-state index in [9.17, 15) is 0 Å². The highest BCUT2D eigenvalue weighted by Crippen LogP contribution is 2.29. The molecule has 0 saturated heterocycles. The number of hydrogen-bond acceptors (Lipinski definition) is 2. The van der Waals surface area contributed by atoms with Crippen molar-refractivity contribution in [3.8, 4) is 5.75 Å². The van der Waals surface area contributed by atoms with Crippen molar-refractivity contribution < 1.29 is 4.74 Å². The van der Waals surface area contributed by atoms with Gasteiger partial charge in [-0.15, -0.1) is 0 Å². The monoisotopic (exact) mass is 263 g/mol. The van der Waals surface area contributed by atoms with E-state index < -0.39 is 0 Å². The zero-order chi connectivity index (χ0) is 14.4. The molecule has 0 aromatic heterocycles. The Morgan fingerprint density at radius 2 is 1.89 bits per heavy atom. The molecule has 1 rings (SSSR count). The van der Waals surface area contributed by atoms with Crippen molar-refractivity contribution in [2.45, 2.75) is 71.9 Å². The van der Waals surface area contributed by atoms with Gasteiger partial charge in [-0.3, -0.25) is 0 Å². The van der Waals surface area contributed by atoms with Crippen molar-refractivity contribution in [2.24, 2.45) is 5.73 Å². The van der Waals surface area contributed by atoms with Crippen molar-refractivity contribution in [1.82, 2.24) is 0 Å². The van der Waals surface area contributed by atoms with Crippen LogP contribution in [-0.4, -0.2) is 12.1 Å². The summed E-state index contributed by atoms with van der Waals surface area (Å²) < 4.78 is 6.23. The van der Waals surface area contributed by atoms with Gasteiger partial charge in [-0.1, -0.05) is 46.2 Å². The molecule has 2 nitrogen and oxygen atoms in total. The summed E-state index contributed by atoms with van der Waals surface area (Å²) >= 11 is 0. The van der Waals surface area contributed by atoms with Gasteiger partial charge in [0.25, 0.3) is 0 Å². The van der Waals surface area contributed by atoms with Crippen LogP contribution < -0.4 is 10.5 Å². The lowest BCUT2D eigenvalue weighted by atomic mass is 9.99. The molecular formula is C17H29NO. The predicted octanol–water partition coefficient (Wildman–Crippen LogP) is 4.40. The lowest BCUT2D eigenvalue weighted by molar-refractivity contribution is 0.159. The molecule has 0 radical (unpaired) electrons. The summed E-state index contributed by atoms with van der Waals surface area (Å²) in [5.74, 6) is 1.48. The smallest absolute Gasteiger partial charge is 0.123 e. The molecule has 19 heavy (non-hydrogen) atoms.